The maximum absolute atomic E-state index is 14.5. The van der Waals surface area contributed by atoms with Gasteiger partial charge in [-0.05, 0) is 71.2 Å². The van der Waals surface area contributed by atoms with E-state index in [0.717, 1.165) is 32.2 Å². The molecule has 2 N–H and O–H groups in total. The summed E-state index contributed by atoms with van der Waals surface area (Å²) in [6, 6.07) is 6.16. The molecular weight excluding hydrogens is 591 g/mol. The number of halogens is 2. The van der Waals surface area contributed by atoms with Gasteiger partial charge in [-0.15, -0.1) is 0 Å². The minimum absolute atomic E-state index is 0.0398. The molecule has 1 aromatic heterocycles. The quantitative estimate of drug-likeness (QED) is 0.111. The van der Waals surface area contributed by atoms with Crippen molar-refractivity contribution < 1.29 is 28.2 Å². The van der Waals surface area contributed by atoms with E-state index < -0.39 is 5.82 Å². The van der Waals surface area contributed by atoms with Gasteiger partial charge < -0.3 is 34.5 Å². The molecule has 0 aliphatic heterocycles. The molecule has 44 heavy (non-hydrogen) atoms. The third-order valence-electron chi connectivity index (χ3n) is 6.96. The Morgan fingerprint density at radius 2 is 1.80 bits per heavy atom. The fraction of sp³-hybridized carbons (Fsp3) is 0.484. The lowest BCUT2D eigenvalue weighted by Gasteiger charge is -2.22. The van der Waals surface area contributed by atoms with Crippen molar-refractivity contribution in [2.24, 2.45) is 0 Å². The normalized spacial score (nSPS) is 12.0. The fourth-order valence-corrected chi connectivity index (χ4v) is 4.44. The van der Waals surface area contributed by atoms with Gasteiger partial charge in [0.2, 0.25) is 0 Å². The zero-order valence-corrected chi connectivity index (χ0v) is 26.7. The van der Waals surface area contributed by atoms with Crippen molar-refractivity contribution in [1.29, 1.82) is 0 Å². The molecule has 0 amide bonds. The minimum atomic E-state index is -0.554. The predicted molar refractivity (Wildman–Crippen MR) is 170 cm³/mol. The van der Waals surface area contributed by atoms with Crippen LogP contribution in [0.2, 0.25) is 5.02 Å². The van der Waals surface area contributed by atoms with Crippen LogP contribution in [-0.4, -0.2) is 98.7 Å². The first-order valence-corrected chi connectivity index (χ1v) is 14.9. The van der Waals surface area contributed by atoms with E-state index >= 15 is 0 Å². The minimum Gasteiger partial charge on any atom is -0.490 e. The van der Waals surface area contributed by atoms with Crippen molar-refractivity contribution in [3.05, 3.63) is 47.0 Å². The molecule has 11 nitrogen and oxygen atoms in total. The summed E-state index contributed by atoms with van der Waals surface area (Å²) in [5.74, 6) is 0.740. The number of likely N-dealkylation sites (N-methyl/N-ethyl adjacent to an activating group) is 2. The zero-order valence-electron chi connectivity index (χ0n) is 26.0. The van der Waals surface area contributed by atoms with Crippen LogP contribution >= 0.6 is 11.6 Å². The molecule has 3 rings (SSSR count). The molecule has 0 spiro atoms. The Labute approximate surface area is 263 Å². The Hall–Kier alpha value is -3.58. The van der Waals surface area contributed by atoms with Gasteiger partial charge in [0.05, 0.1) is 29.8 Å². The second-order valence-corrected chi connectivity index (χ2v) is 10.9. The molecule has 0 bridgehead atoms. The SMILES string of the molecule is CNCCCOc1cc2c(Nc3cc(Cl)c(F)cc3CN(C)[C@@H](C)C=O)ncnc2cc1OCCCN(C)CCOC(C)=O. The summed E-state index contributed by atoms with van der Waals surface area (Å²) >= 11 is 6.16. The first kappa shape index (κ1) is 34.9. The van der Waals surface area contributed by atoms with Gasteiger partial charge in [-0.25, -0.2) is 14.4 Å². The topological polar surface area (TPSA) is 118 Å². The van der Waals surface area contributed by atoms with Crippen molar-refractivity contribution in [2.45, 2.75) is 39.3 Å². The van der Waals surface area contributed by atoms with Gasteiger partial charge in [0.15, 0.2) is 11.5 Å². The third-order valence-corrected chi connectivity index (χ3v) is 7.25. The number of anilines is 2. The lowest BCUT2D eigenvalue weighted by Crippen LogP contribution is -2.29. The van der Waals surface area contributed by atoms with Gasteiger partial charge in [-0.1, -0.05) is 11.6 Å². The molecule has 13 heteroatoms. The maximum Gasteiger partial charge on any atom is 0.302 e. The molecule has 0 saturated heterocycles. The van der Waals surface area contributed by atoms with E-state index in [1.54, 1.807) is 18.9 Å². The highest BCUT2D eigenvalue weighted by Crippen LogP contribution is 2.36. The standard InChI is InChI=1S/C31H42ClFN6O5/c1-21(19-40)39(5)18-23-14-26(33)25(32)16-27(23)37-31-24-15-29(43-11-6-8-34-3)30(17-28(24)35-20-36-31)44-12-7-9-38(4)10-13-42-22(2)41/h14-17,19-21,34H,6-13,18H2,1-5H3,(H,35,36,37)/t21-/m0/s1. The van der Waals surface area contributed by atoms with Crippen molar-refractivity contribution in [3.8, 4) is 11.5 Å². The van der Waals surface area contributed by atoms with Crippen molar-refractivity contribution in [2.75, 3.05) is 65.9 Å². The fourth-order valence-electron chi connectivity index (χ4n) is 4.27. The number of carbonyl (C=O) groups is 2. The molecule has 0 unspecified atom stereocenters. The van der Waals surface area contributed by atoms with Gasteiger partial charge in [-0.2, -0.15) is 0 Å². The second-order valence-electron chi connectivity index (χ2n) is 10.5. The van der Waals surface area contributed by atoms with E-state index in [1.165, 1.54) is 25.4 Å². The van der Waals surface area contributed by atoms with Crippen LogP contribution in [0.5, 0.6) is 11.5 Å². The maximum atomic E-state index is 14.5. The molecule has 1 atom stereocenters. The molecule has 3 aromatic rings. The molecular formula is C31H42ClFN6O5. The van der Waals surface area contributed by atoms with Gasteiger partial charge in [0.25, 0.3) is 0 Å². The number of aromatic nitrogens is 2. The average Bonchev–Trinajstić information content (AvgIpc) is 2.99. The Balaban J connectivity index is 1.85. The lowest BCUT2D eigenvalue weighted by molar-refractivity contribution is -0.141. The van der Waals surface area contributed by atoms with Crippen LogP contribution < -0.4 is 20.1 Å². The third kappa shape index (κ3) is 10.5. The van der Waals surface area contributed by atoms with E-state index in [9.17, 15) is 14.0 Å². The molecule has 2 aromatic carbocycles. The molecule has 0 saturated carbocycles. The van der Waals surface area contributed by atoms with E-state index in [2.05, 4.69) is 25.5 Å². The largest absolute Gasteiger partial charge is 0.490 e. The Morgan fingerprint density at radius 3 is 2.50 bits per heavy atom. The molecule has 0 aliphatic rings. The first-order valence-electron chi connectivity index (χ1n) is 14.5. The van der Waals surface area contributed by atoms with Crippen molar-refractivity contribution in [3.63, 3.8) is 0 Å². The summed E-state index contributed by atoms with van der Waals surface area (Å²) in [6.07, 6.45) is 3.81. The number of carbonyl (C=O) groups excluding carboxylic acids is 2. The number of hydrogen-bond donors (Lipinski definition) is 2. The first-order chi connectivity index (χ1) is 21.1. The van der Waals surface area contributed by atoms with Gasteiger partial charge in [0, 0.05) is 43.7 Å². The molecule has 1 heterocycles. The average molecular weight is 633 g/mol. The van der Waals surface area contributed by atoms with E-state index in [-0.39, 0.29) is 17.0 Å². The van der Waals surface area contributed by atoms with Gasteiger partial charge in [-0.3, -0.25) is 9.69 Å². The van der Waals surface area contributed by atoms with Crippen LogP contribution in [0.3, 0.4) is 0 Å². The molecule has 0 fully saturated rings. The van der Waals surface area contributed by atoms with E-state index in [0.29, 0.717) is 72.4 Å². The number of fused-ring (bicyclic) bond motifs is 1. The highest BCUT2D eigenvalue weighted by Gasteiger charge is 2.17. The summed E-state index contributed by atoms with van der Waals surface area (Å²) < 4.78 is 31.8. The Bertz CT molecular complexity index is 1400. The van der Waals surface area contributed by atoms with Crippen LogP contribution in [0, 0.1) is 5.82 Å². The lowest BCUT2D eigenvalue weighted by atomic mass is 10.1. The van der Waals surface area contributed by atoms with Crippen LogP contribution in [0.25, 0.3) is 10.9 Å². The van der Waals surface area contributed by atoms with Gasteiger partial charge >= 0.3 is 5.97 Å². The number of rotatable bonds is 19. The van der Waals surface area contributed by atoms with Crippen molar-refractivity contribution in [1.82, 2.24) is 25.1 Å². The zero-order chi connectivity index (χ0) is 32.1. The number of nitrogens with zero attached hydrogens (tertiary/aromatic N) is 4. The second kappa shape index (κ2) is 17.6. The molecule has 0 radical (unpaired) electrons. The molecule has 240 valence electrons. The van der Waals surface area contributed by atoms with Crippen LogP contribution in [0.1, 0.15) is 32.3 Å². The van der Waals surface area contributed by atoms with Crippen LogP contribution in [-0.2, 0) is 20.9 Å². The number of hydrogen-bond acceptors (Lipinski definition) is 11. The highest BCUT2D eigenvalue weighted by molar-refractivity contribution is 6.31. The van der Waals surface area contributed by atoms with E-state index in [4.69, 9.17) is 25.8 Å². The van der Waals surface area contributed by atoms with Crippen molar-refractivity contribution >= 4 is 46.3 Å². The molecule has 0 aliphatic carbocycles. The number of ether oxygens (including phenoxy) is 3. The number of benzene rings is 2. The van der Waals surface area contributed by atoms with Crippen LogP contribution in [0.15, 0.2) is 30.6 Å². The monoisotopic (exact) mass is 632 g/mol. The summed E-state index contributed by atoms with van der Waals surface area (Å²) in [5.41, 5.74) is 1.78. The number of aldehydes is 1. The summed E-state index contributed by atoms with van der Waals surface area (Å²) in [6.45, 7) is 6.91. The Morgan fingerprint density at radius 1 is 1.07 bits per heavy atom. The number of nitrogens with one attached hydrogen (secondary N) is 2. The number of esters is 1. The van der Waals surface area contributed by atoms with Gasteiger partial charge in [0.1, 0.15) is 30.9 Å². The summed E-state index contributed by atoms with van der Waals surface area (Å²) in [5, 5.41) is 7.04. The smallest absolute Gasteiger partial charge is 0.302 e. The van der Waals surface area contributed by atoms with Crippen LogP contribution in [0.4, 0.5) is 15.9 Å². The summed E-state index contributed by atoms with van der Waals surface area (Å²) in [4.78, 5) is 35.1. The highest BCUT2D eigenvalue weighted by atomic mass is 35.5. The van der Waals surface area contributed by atoms with E-state index in [1.807, 2.05) is 26.2 Å². The summed E-state index contributed by atoms with van der Waals surface area (Å²) in [7, 11) is 5.63. The Kier molecular flexibility index (Phi) is 14.0. The predicted octanol–water partition coefficient (Wildman–Crippen LogP) is 4.44.